The van der Waals surface area contributed by atoms with Crippen LogP contribution in [0.4, 0.5) is 0 Å². The van der Waals surface area contributed by atoms with E-state index in [2.05, 4.69) is 24.2 Å². The molecule has 1 aromatic rings. The van der Waals surface area contributed by atoms with Gasteiger partial charge < -0.3 is 9.73 Å². The van der Waals surface area contributed by atoms with Crippen LogP contribution < -0.4 is 5.32 Å². The van der Waals surface area contributed by atoms with Gasteiger partial charge in [-0.05, 0) is 45.0 Å². The lowest BCUT2D eigenvalue weighted by atomic mass is 10.1. The van der Waals surface area contributed by atoms with Crippen LogP contribution in [0.3, 0.4) is 0 Å². The quantitative estimate of drug-likeness (QED) is 0.820. The first-order valence-corrected chi connectivity index (χ1v) is 5.71. The van der Waals surface area contributed by atoms with Crippen molar-refractivity contribution in [2.75, 3.05) is 20.1 Å². The summed E-state index contributed by atoms with van der Waals surface area (Å²) < 4.78 is 5.46. The van der Waals surface area contributed by atoms with Crippen molar-refractivity contribution in [3.63, 3.8) is 0 Å². The van der Waals surface area contributed by atoms with Crippen LogP contribution in [0.1, 0.15) is 24.2 Å². The topological polar surface area (TPSA) is 28.4 Å². The third-order valence-electron chi connectivity index (χ3n) is 3.26. The van der Waals surface area contributed by atoms with Crippen molar-refractivity contribution in [3.8, 4) is 0 Å². The van der Waals surface area contributed by atoms with E-state index in [0.717, 1.165) is 18.8 Å². The Kier molecular flexibility index (Phi) is 3.44. The van der Waals surface area contributed by atoms with Gasteiger partial charge in [0.2, 0.25) is 0 Å². The number of aryl methyl sites for hydroxylation is 1. The Hall–Kier alpha value is -0.800. The van der Waals surface area contributed by atoms with Gasteiger partial charge in [0.25, 0.3) is 0 Å². The molecule has 0 bridgehead atoms. The molecule has 1 fully saturated rings. The fourth-order valence-corrected chi connectivity index (χ4v) is 2.13. The van der Waals surface area contributed by atoms with E-state index in [9.17, 15) is 0 Å². The Morgan fingerprint density at radius 3 is 3.07 bits per heavy atom. The zero-order valence-electron chi connectivity index (χ0n) is 9.62. The van der Waals surface area contributed by atoms with E-state index in [0.29, 0.717) is 6.04 Å². The van der Waals surface area contributed by atoms with Crippen molar-refractivity contribution >= 4 is 0 Å². The zero-order valence-corrected chi connectivity index (χ0v) is 9.62. The predicted octanol–water partition coefficient (Wildman–Crippen LogP) is 1.77. The lowest BCUT2D eigenvalue weighted by molar-refractivity contribution is 0.183. The maximum Gasteiger partial charge on any atom is 0.120 e. The van der Waals surface area contributed by atoms with Crippen molar-refractivity contribution in [3.05, 3.63) is 23.7 Å². The minimum Gasteiger partial charge on any atom is -0.468 e. The molecular formula is C12H20N2O. The van der Waals surface area contributed by atoms with E-state index in [4.69, 9.17) is 4.42 Å². The zero-order chi connectivity index (χ0) is 10.7. The van der Waals surface area contributed by atoms with Crippen LogP contribution in [0.2, 0.25) is 0 Å². The van der Waals surface area contributed by atoms with E-state index in [-0.39, 0.29) is 0 Å². The monoisotopic (exact) mass is 208 g/mol. The molecule has 1 N–H and O–H groups in total. The molecule has 0 amide bonds. The minimum atomic E-state index is 0.656. The van der Waals surface area contributed by atoms with Crippen molar-refractivity contribution in [2.24, 2.45) is 0 Å². The molecule has 1 aliphatic rings. The number of nitrogens with zero attached hydrogens (tertiary/aromatic N) is 1. The average molecular weight is 208 g/mol. The highest BCUT2D eigenvalue weighted by Gasteiger charge is 2.18. The third-order valence-corrected chi connectivity index (χ3v) is 3.26. The molecule has 1 unspecified atom stereocenters. The third kappa shape index (κ3) is 2.61. The summed E-state index contributed by atoms with van der Waals surface area (Å²) in [4.78, 5) is 2.39. The molecule has 1 aromatic heterocycles. The second-order valence-corrected chi connectivity index (χ2v) is 4.44. The van der Waals surface area contributed by atoms with Gasteiger partial charge in [0.05, 0.1) is 12.8 Å². The van der Waals surface area contributed by atoms with E-state index in [1.54, 1.807) is 6.26 Å². The minimum absolute atomic E-state index is 0.656. The Bertz CT molecular complexity index is 302. The number of piperidine rings is 1. The maximum atomic E-state index is 5.46. The summed E-state index contributed by atoms with van der Waals surface area (Å²) in [6.45, 7) is 5.30. The molecule has 0 radical (unpaired) electrons. The molecule has 2 rings (SSSR count). The standard InChI is InChI=1S/C12H20N2O/c1-10-5-7-15-12(10)9-14(2)11-4-3-6-13-8-11/h5,7,11,13H,3-4,6,8-9H2,1-2H3. The van der Waals surface area contributed by atoms with Crippen LogP contribution in [-0.2, 0) is 6.54 Å². The Balaban J connectivity index is 1.91. The van der Waals surface area contributed by atoms with Gasteiger partial charge in [0.1, 0.15) is 5.76 Å². The molecule has 0 aliphatic carbocycles. The second kappa shape index (κ2) is 4.81. The fourth-order valence-electron chi connectivity index (χ4n) is 2.13. The normalized spacial score (nSPS) is 22.2. The number of rotatable bonds is 3. The summed E-state index contributed by atoms with van der Waals surface area (Å²) in [7, 11) is 2.18. The van der Waals surface area contributed by atoms with Crippen LogP contribution in [0.15, 0.2) is 16.7 Å². The highest BCUT2D eigenvalue weighted by atomic mass is 16.3. The first kappa shape index (κ1) is 10.7. The summed E-state index contributed by atoms with van der Waals surface area (Å²) >= 11 is 0. The van der Waals surface area contributed by atoms with Crippen LogP contribution >= 0.6 is 0 Å². The summed E-state index contributed by atoms with van der Waals surface area (Å²) in [5.41, 5.74) is 1.26. The molecule has 84 valence electrons. The van der Waals surface area contributed by atoms with Gasteiger partial charge in [0, 0.05) is 12.6 Å². The number of likely N-dealkylation sites (N-methyl/N-ethyl adjacent to an activating group) is 1. The van der Waals surface area contributed by atoms with Gasteiger partial charge in [-0.15, -0.1) is 0 Å². The number of nitrogens with one attached hydrogen (secondary N) is 1. The molecule has 3 heteroatoms. The smallest absolute Gasteiger partial charge is 0.120 e. The van der Waals surface area contributed by atoms with Crippen LogP contribution in [-0.4, -0.2) is 31.1 Å². The van der Waals surface area contributed by atoms with E-state index in [1.165, 1.54) is 24.9 Å². The SMILES string of the molecule is Cc1ccoc1CN(C)C1CCCNC1. The lowest BCUT2D eigenvalue weighted by Crippen LogP contribution is -2.43. The average Bonchev–Trinajstić information content (AvgIpc) is 2.66. The Morgan fingerprint density at radius 2 is 2.47 bits per heavy atom. The summed E-state index contributed by atoms with van der Waals surface area (Å²) in [5, 5.41) is 3.44. The van der Waals surface area contributed by atoms with Crippen LogP contribution in [0.5, 0.6) is 0 Å². The van der Waals surface area contributed by atoms with Crippen molar-refractivity contribution in [1.29, 1.82) is 0 Å². The predicted molar refractivity (Wildman–Crippen MR) is 60.8 cm³/mol. The van der Waals surface area contributed by atoms with Gasteiger partial charge in [-0.2, -0.15) is 0 Å². The van der Waals surface area contributed by atoms with E-state index in [1.807, 2.05) is 6.07 Å². The molecule has 0 spiro atoms. The van der Waals surface area contributed by atoms with E-state index >= 15 is 0 Å². The van der Waals surface area contributed by atoms with E-state index < -0.39 is 0 Å². The van der Waals surface area contributed by atoms with Crippen LogP contribution in [0.25, 0.3) is 0 Å². The molecule has 2 heterocycles. The highest BCUT2D eigenvalue weighted by Crippen LogP contribution is 2.15. The van der Waals surface area contributed by atoms with Crippen LogP contribution in [0, 0.1) is 6.92 Å². The lowest BCUT2D eigenvalue weighted by Gasteiger charge is -2.31. The van der Waals surface area contributed by atoms with Gasteiger partial charge in [0.15, 0.2) is 0 Å². The molecule has 1 saturated heterocycles. The Morgan fingerprint density at radius 1 is 1.60 bits per heavy atom. The summed E-state index contributed by atoms with van der Waals surface area (Å²) in [6, 6.07) is 2.69. The number of hydrogen-bond acceptors (Lipinski definition) is 3. The van der Waals surface area contributed by atoms with Gasteiger partial charge in [-0.25, -0.2) is 0 Å². The molecule has 15 heavy (non-hydrogen) atoms. The first-order valence-electron chi connectivity index (χ1n) is 5.71. The first-order chi connectivity index (χ1) is 7.27. The van der Waals surface area contributed by atoms with Gasteiger partial charge in [-0.3, -0.25) is 4.90 Å². The molecule has 1 aliphatic heterocycles. The fraction of sp³-hybridized carbons (Fsp3) is 0.667. The Labute approximate surface area is 91.4 Å². The van der Waals surface area contributed by atoms with Crippen molar-refractivity contribution in [1.82, 2.24) is 10.2 Å². The maximum absolute atomic E-state index is 5.46. The van der Waals surface area contributed by atoms with Gasteiger partial charge in [-0.1, -0.05) is 0 Å². The summed E-state index contributed by atoms with van der Waals surface area (Å²) in [5.74, 6) is 1.10. The second-order valence-electron chi connectivity index (χ2n) is 4.44. The number of furan rings is 1. The molecule has 0 saturated carbocycles. The molecule has 0 aromatic carbocycles. The van der Waals surface area contributed by atoms with Crippen molar-refractivity contribution < 1.29 is 4.42 Å². The van der Waals surface area contributed by atoms with Crippen molar-refractivity contribution in [2.45, 2.75) is 32.4 Å². The molecular weight excluding hydrogens is 188 g/mol. The molecule has 1 atom stereocenters. The number of hydrogen-bond donors (Lipinski definition) is 1. The highest BCUT2D eigenvalue weighted by molar-refractivity contribution is 5.14. The molecule has 3 nitrogen and oxygen atoms in total. The largest absolute Gasteiger partial charge is 0.468 e. The van der Waals surface area contributed by atoms with Gasteiger partial charge >= 0.3 is 0 Å². The summed E-state index contributed by atoms with van der Waals surface area (Å²) in [6.07, 6.45) is 4.35.